The fourth-order valence-corrected chi connectivity index (χ4v) is 11.7. The molecule has 6 atom stereocenters. The van der Waals surface area contributed by atoms with Crippen LogP contribution in [0.25, 0.3) is 22.3 Å². The summed E-state index contributed by atoms with van der Waals surface area (Å²) in [7, 11) is -2.56. The number of hydrogen-bond acceptors (Lipinski definition) is 11. The molecule has 62 heavy (non-hydrogen) atoms. The van der Waals surface area contributed by atoms with Gasteiger partial charge < -0.3 is 40.0 Å². The third kappa shape index (κ3) is 9.91. The number of ether oxygens (including phenoxy) is 3. The van der Waals surface area contributed by atoms with Gasteiger partial charge in [-0.3, -0.25) is 14.2 Å². The number of rotatable bonds is 15. The molecule has 2 aromatic carbocycles. The second kappa shape index (κ2) is 18.2. The fraction of sp³-hybridized carbons (Fsp3) is 0.489. The molecule has 3 amide bonds. The molecule has 1 aliphatic heterocycles. The molecule has 3 fully saturated rings. The number of pyridine rings is 1. The molecular formula is C45H56ClN6O8PS. The summed E-state index contributed by atoms with van der Waals surface area (Å²) in [5.74, 6) is -0.557. The van der Waals surface area contributed by atoms with Crippen LogP contribution in [0, 0.1) is 11.3 Å². The first-order valence-electron chi connectivity index (χ1n) is 21.1. The van der Waals surface area contributed by atoms with Crippen LogP contribution in [0.2, 0.25) is 5.02 Å². The number of halogens is 1. The highest BCUT2D eigenvalue weighted by atomic mass is 35.5. The van der Waals surface area contributed by atoms with Gasteiger partial charge in [0.25, 0.3) is 0 Å². The third-order valence-corrected chi connectivity index (χ3v) is 15.5. The fourth-order valence-electron chi connectivity index (χ4n) is 8.38. The van der Waals surface area contributed by atoms with Crippen LogP contribution in [0.3, 0.4) is 0 Å². The molecule has 0 spiro atoms. The summed E-state index contributed by atoms with van der Waals surface area (Å²) in [5, 5.41) is 11.4. The van der Waals surface area contributed by atoms with E-state index in [2.05, 4.69) is 22.5 Å². The zero-order valence-corrected chi connectivity index (χ0v) is 38.4. The zero-order valence-electron chi connectivity index (χ0n) is 36.0. The number of nitrogens with one attached hydrogen (secondary N) is 3. The molecular weight excluding hydrogens is 851 g/mol. The van der Waals surface area contributed by atoms with Crippen molar-refractivity contribution in [3.8, 4) is 22.9 Å². The number of fused-ring (bicyclic) bond motifs is 1. The molecule has 332 valence electrons. The van der Waals surface area contributed by atoms with Crippen LogP contribution in [-0.4, -0.2) is 86.9 Å². The van der Waals surface area contributed by atoms with Gasteiger partial charge >= 0.3 is 6.09 Å². The van der Waals surface area contributed by atoms with E-state index in [4.69, 9.17) is 35.8 Å². The molecule has 4 aromatic rings. The normalized spacial score (nSPS) is 22.8. The first-order valence-corrected chi connectivity index (χ1v) is 24.2. The molecule has 4 N–H and O–H groups in total. The zero-order chi connectivity index (χ0) is 44.6. The predicted molar refractivity (Wildman–Crippen MR) is 242 cm³/mol. The lowest BCUT2D eigenvalue weighted by Crippen LogP contribution is -2.58. The van der Waals surface area contributed by atoms with E-state index < -0.39 is 60.1 Å². The molecule has 0 radical (unpaired) electrons. The molecule has 14 nitrogen and oxygen atoms in total. The van der Waals surface area contributed by atoms with Crippen LogP contribution in [-0.2, 0) is 25.1 Å². The average molecular weight is 907 g/mol. The number of hydrogen-bond donors (Lipinski definition) is 4. The van der Waals surface area contributed by atoms with Gasteiger partial charge in [-0.05, 0) is 81.2 Å². The van der Waals surface area contributed by atoms with E-state index in [0.29, 0.717) is 44.4 Å². The summed E-state index contributed by atoms with van der Waals surface area (Å²) in [6, 6.07) is 11.9. The molecule has 3 aliphatic rings. The monoisotopic (exact) mass is 906 g/mol. The van der Waals surface area contributed by atoms with Gasteiger partial charge in [-0.2, -0.15) is 0 Å². The molecule has 1 unspecified atom stereocenters. The number of thiazole rings is 1. The van der Waals surface area contributed by atoms with E-state index in [1.54, 1.807) is 55.7 Å². The number of carbonyl (C=O) groups is 3. The Bertz CT molecular complexity index is 2370. The second-order valence-corrected chi connectivity index (χ2v) is 21.7. The lowest BCUT2D eigenvalue weighted by atomic mass is 9.85. The summed E-state index contributed by atoms with van der Waals surface area (Å²) in [6.45, 7) is 13.4. The van der Waals surface area contributed by atoms with E-state index in [9.17, 15) is 23.8 Å². The molecule has 7 rings (SSSR count). The van der Waals surface area contributed by atoms with Crippen LogP contribution in [0.15, 0.2) is 66.6 Å². The maximum absolute atomic E-state index is 14.9. The smallest absolute Gasteiger partial charge is 0.408 e. The molecule has 1 saturated heterocycles. The number of anilines is 1. The van der Waals surface area contributed by atoms with Gasteiger partial charge in [0, 0.05) is 46.3 Å². The minimum absolute atomic E-state index is 0.0310. The molecule has 17 heteroatoms. The standard InChI is InChI=1S/C45H56ClN6O8PS/c1-8-28-22-45(28,61(56,57)24-27-13-15-29(46)16-14-27)51-40(53)37-20-32(23-52(37)41(54)39(44(4,5)6)50-43(55)60-30-11-9-10-12-30)59-38-21-35(36-25-62-42(49-36)47-26(2)3)48-34-19-31(58-7)17-18-33(34)38/h8,13-19,21,25-26,28,30,32,37,39H,1,9-12,20,22-24H2,2-7H3,(H,47,49)(H,50,55)(H,51,53)(H,56,57)/t28-,32-,37+,39-,45+/m1/s1. The van der Waals surface area contributed by atoms with Gasteiger partial charge in [-0.25, -0.2) is 14.8 Å². The van der Waals surface area contributed by atoms with Crippen molar-refractivity contribution in [3.63, 3.8) is 0 Å². The number of amides is 3. The van der Waals surface area contributed by atoms with Crippen molar-refractivity contribution < 1.29 is 38.1 Å². The number of carbonyl (C=O) groups excluding carboxylic acids is 3. The summed E-state index contributed by atoms with van der Waals surface area (Å²) >= 11 is 7.55. The van der Waals surface area contributed by atoms with Crippen molar-refractivity contribution >= 4 is 64.2 Å². The number of alkyl carbamates (subject to hydrolysis) is 1. The van der Waals surface area contributed by atoms with Crippen molar-refractivity contribution in [1.82, 2.24) is 25.5 Å². The summed E-state index contributed by atoms with van der Waals surface area (Å²) in [6.07, 6.45) is 3.38. The van der Waals surface area contributed by atoms with Gasteiger partial charge in [0.1, 0.15) is 46.8 Å². The van der Waals surface area contributed by atoms with E-state index in [0.717, 1.165) is 30.8 Å². The Balaban J connectivity index is 1.22. The van der Waals surface area contributed by atoms with E-state index in [-0.39, 0.29) is 37.7 Å². The molecule has 2 aromatic heterocycles. The minimum atomic E-state index is -4.14. The van der Waals surface area contributed by atoms with Gasteiger partial charge in [-0.15, -0.1) is 17.9 Å². The lowest BCUT2D eigenvalue weighted by Gasteiger charge is -2.36. The second-order valence-electron chi connectivity index (χ2n) is 17.9. The highest BCUT2D eigenvalue weighted by molar-refractivity contribution is 7.59. The van der Waals surface area contributed by atoms with E-state index >= 15 is 0 Å². The highest BCUT2D eigenvalue weighted by Crippen LogP contribution is 2.70. The summed E-state index contributed by atoms with van der Waals surface area (Å²) in [4.78, 5) is 65.8. The number of methoxy groups -OCH3 is 1. The Morgan fingerprint density at radius 2 is 1.81 bits per heavy atom. The van der Waals surface area contributed by atoms with Gasteiger partial charge in [0.2, 0.25) is 19.2 Å². The number of nitrogens with zero attached hydrogens (tertiary/aromatic N) is 3. The average Bonchev–Trinajstić information content (AvgIpc) is 3.61. The number of aromatic nitrogens is 2. The maximum Gasteiger partial charge on any atom is 0.408 e. The van der Waals surface area contributed by atoms with E-state index in [1.807, 2.05) is 46.1 Å². The van der Waals surface area contributed by atoms with Gasteiger partial charge in [0.05, 0.1) is 31.0 Å². The molecule has 2 aliphatic carbocycles. The minimum Gasteiger partial charge on any atom is -0.497 e. The number of benzene rings is 2. The Hall–Kier alpha value is -4.69. The van der Waals surface area contributed by atoms with Crippen molar-refractivity contribution in [2.45, 2.75) is 115 Å². The van der Waals surface area contributed by atoms with Crippen molar-refractivity contribution in [3.05, 3.63) is 77.2 Å². The topological polar surface area (TPSA) is 181 Å². The largest absolute Gasteiger partial charge is 0.497 e. The summed E-state index contributed by atoms with van der Waals surface area (Å²) < 4.78 is 32.4. The summed E-state index contributed by atoms with van der Waals surface area (Å²) in [5.41, 5.74) is 1.56. The lowest BCUT2D eigenvalue weighted by molar-refractivity contribution is -0.142. The Labute approximate surface area is 371 Å². The predicted octanol–water partition coefficient (Wildman–Crippen LogP) is 8.76. The van der Waals surface area contributed by atoms with Gasteiger partial charge in [0.15, 0.2) is 5.13 Å². The Morgan fingerprint density at radius 3 is 2.45 bits per heavy atom. The van der Waals surface area contributed by atoms with Gasteiger partial charge in [-0.1, -0.05) is 50.6 Å². The van der Waals surface area contributed by atoms with Crippen LogP contribution >= 0.6 is 30.3 Å². The third-order valence-electron chi connectivity index (χ3n) is 11.8. The molecule has 3 heterocycles. The van der Waals surface area contributed by atoms with Crippen molar-refractivity contribution in [1.29, 1.82) is 0 Å². The first kappa shape index (κ1) is 45.3. The first-order chi connectivity index (χ1) is 29.4. The number of likely N-dealkylation sites (tertiary alicyclic amines) is 1. The Morgan fingerprint density at radius 1 is 1.08 bits per heavy atom. The van der Waals surface area contributed by atoms with Crippen LogP contribution in [0.5, 0.6) is 11.5 Å². The SMILES string of the molecule is C=C[C@@H]1C[C@]1(NC(=O)[C@@H]1C[C@@H](Oc2cc(-c3csc(NC(C)C)n3)nc3cc(OC)ccc23)CN1C(=O)[C@@H](NC(=O)OC1CCCC1)C(C)(C)C)P(=O)(O)Cc1ccc(Cl)cc1. The van der Waals surface area contributed by atoms with E-state index in [1.165, 1.54) is 16.2 Å². The molecule has 0 bridgehead atoms. The quantitative estimate of drug-likeness (QED) is 0.0662. The Kier molecular flexibility index (Phi) is 13.3. The van der Waals surface area contributed by atoms with Crippen LogP contribution in [0.4, 0.5) is 9.93 Å². The van der Waals surface area contributed by atoms with Crippen molar-refractivity contribution in [2.75, 3.05) is 19.0 Å². The maximum atomic E-state index is 14.9. The highest BCUT2D eigenvalue weighted by Gasteiger charge is 2.65. The molecule has 2 saturated carbocycles. The van der Waals surface area contributed by atoms with Crippen LogP contribution < -0.4 is 25.4 Å². The van der Waals surface area contributed by atoms with Crippen LogP contribution in [0.1, 0.15) is 78.7 Å². The van der Waals surface area contributed by atoms with Crippen molar-refractivity contribution in [2.24, 2.45) is 11.3 Å².